The Balaban J connectivity index is 2.04. The average molecular weight is 300 g/mol. The maximum Gasteiger partial charge on any atom is 0.333 e. The van der Waals surface area contributed by atoms with Gasteiger partial charge in [-0.15, -0.1) is 0 Å². The molecule has 2 aromatic heterocycles. The van der Waals surface area contributed by atoms with Crippen LogP contribution in [0.15, 0.2) is 17.4 Å². The van der Waals surface area contributed by atoms with Crippen LogP contribution >= 0.6 is 0 Å². The number of carbonyl (C=O) groups excluding carboxylic acids is 1. The molecule has 0 atom stereocenters. The lowest BCUT2D eigenvalue weighted by Gasteiger charge is -1.97. The maximum atomic E-state index is 13.6. The summed E-state index contributed by atoms with van der Waals surface area (Å²) in [4.78, 5) is 11.6. The van der Waals surface area contributed by atoms with Crippen molar-refractivity contribution in [1.82, 2.24) is 25.0 Å². The van der Waals surface area contributed by atoms with Crippen LogP contribution in [0.4, 0.5) is 13.2 Å². The Hall–Kier alpha value is -2.65. The second kappa shape index (κ2) is 5.77. The zero-order valence-electron chi connectivity index (χ0n) is 11.1. The molecule has 0 bridgehead atoms. The Morgan fingerprint density at radius 3 is 2.71 bits per heavy atom. The minimum Gasteiger partial charge on any atom is -0.265 e. The van der Waals surface area contributed by atoms with Gasteiger partial charge in [0.1, 0.15) is 0 Å². The van der Waals surface area contributed by atoms with Crippen molar-refractivity contribution in [3.05, 3.63) is 35.2 Å². The van der Waals surface area contributed by atoms with E-state index in [9.17, 15) is 18.0 Å². The fraction of sp³-hybridized carbons (Fsp3) is 0.273. The first kappa shape index (κ1) is 14.8. The van der Waals surface area contributed by atoms with E-state index in [1.807, 2.05) is 0 Å². The van der Waals surface area contributed by atoms with Gasteiger partial charge in [-0.3, -0.25) is 4.79 Å². The first-order valence-electron chi connectivity index (χ1n) is 5.76. The van der Waals surface area contributed by atoms with Crippen molar-refractivity contribution in [2.24, 2.45) is 12.1 Å². The fourth-order valence-electron chi connectivity index (χ4n) is 1.57. The molecule has 0 spiro atoms. The Morgan fingerprint density at radius 1 is 1.48 bits per heavy atom. The van der Waals surface area contributed by atoms with Crippen LogP contribution in [0, 0.1) is 12.9 Å². The third kappa shape index (κ3) is 3.09. The SMILES string of the molecule is Cc1nn(C)c(F)c1/C=N/NC(=O)c1ccn(C(F)F)n1. The lowest BCUT2D eigenvalue weighted by molar-refractivity contribution is 0.0560. The summed E-state index contributed by atoms with van der Waals surface area (Å²) in [5.41, 5.74) is 2.36. The number of hydrogen-bond donors (Lipinski definition) is 1. The second-order valence-corrected chi connectivity index (χ2v) is 4.07. The third-order valence-electron chi connectivity index (χ3n) is 2.60. The highest BCUT2D eigenvalue weighted by atomic mass is 19.3. The lowest BCUT2D eigenvalue weighted by atomic mass is 10.3. The van der Waals surface area contributed by atoms with Crippen molar-refractivity contribution in [1.29, 1.82) is 0 Å². The quantitative estimate of drug-likeness (QED) is 0.681. The van der Waals surface area contributed by atoms with Crippen LogP contribution in [0.5, 0.6) is 0 Å². The predicted molar refractivity (Wildman–Crippen MR) is 66.4 cm³/mol. The molecule has 0 aromatic carbocycles. The minimum absolute atomic E-state index is 0.121. The Labute approximate surface area is 117 Å². The molecule has 2 rings (SSSR count). The number of aryl methyl sites for hydroxylation is 2. The standard InChI is InChI=1S/C11H11F3N6O/c1-6-7(9(12)19(2)17-6)5-15-16-10(21)8-3-4-20(18-8)11(13)14/h3-5,11H,1-2H3,(H,16,21)/b15-5+. The van der Waals surface area contributed by atoms with Gasteiger partial charge in [0.2, 0.25) is 5.95 Å². The fourth-order valence-corrected chi connectivity index (χ4v) is 1.57. The number of rotatable bonds is 4. The predicted octanol–water partition coefficient (Wildman–Crippen LogP) is 1.22. The number of amides is 1. The van der Waals surface area contributed by atoms with Crippen LogP contribution < -0.4 is 5.43 Å². The van der Waals surface area contributed by atoms with E-state index in [0.29, 0.717) is 10.4 Å². The van der Waals surface area contributed by atoms with Crippen LogP contribution in [0.2, 0.25) is 0 Å². The zero-order chi connectivity index (χ0) is 15.6. The van der Waals surface area contributed by atoms with Gasteiger partial charge in [0.15, 0.2) is 5.69 Å². The van der Waals surface area contributed by atoms with Gasteiger partial charge in [-0.25, -0.2) is 14.8 Å². The summed E-state index contributed by atoms with van der Waals surface area (Å²) in [7, 11) is 1.43. The van der Waals surface area contributed by atoms with Crippen molar-refractivity contribution < 1.29 is 18.0 Å². The molecule has 0 saturated carbocycles. The third-order valence-corrected chi connectivity index (χ3v) is 2.60. The number of aromatic nitrogens is 4. The van der Waals surface area contributed by atoms with Gasteiger partial charge in [-0.2, -0.15) is 28.5 Å². The Kier molecular flexibility index (Phi) is 4.05. The molecule has 2 heterocycles. The maximum absolute atomic E-state index is 13.6. The molecule has 10 heteroatoms. The van der Waals surface area contributed by atoms with E-state index < -0.39 is 18.4 Å². The largest absolute Gasteiger partial charge is 0.333 e. The number of halogens is 3. The zero-order valence-corrected chi connectivity index (χ0v) is 11.1. The summed E-state index contributed by atoms with van der Waals surface area (Å²) in [5, 5.41) is 10.7. The minimum atomic E-state index is -2.83. The van der Waals surface area contributed by atoms with Gasteiger partial charge in [-0.1, -0.05) is 0 Å². The van der Waals surface area contributed by atoms with E-state index in [4.69, 9.17) is 0 Å². The monoisotopic (exact) mass is 300 g/mol. The topological polar surface area (TPSA) is 77.1 Å². The van der Waals surface area contributed by atoms with E-state index in [1.165, 1.54) is 7.05 Å². The lowest BCUT2D eigenvalue weighted by Crippen LogP contribution is -2.18. The van der Waals surface area contributed by atoms with Gasteiger partial charge in [0.05, 0.1) is 17.5 Å². The van der Waals surface area contributed by atoms with Crippen molar-refractivity contribution in [2.75, 3.05) is 0 Å². The van der Waals surface area contributed by atoms with Gasteiger partial charge in [-0.05, 0) is 13.0 Å². The van der Waals surface area contributed by atoms with Crippen molar-refractivity contribution >= 4 is 12.1 Å². The highest BCUT2D eigenvalue weighted by Crippen LogP contribution is 2.09. The number of alkyl halides is 2. The van der Waals surface area contributed by atoms with E-state index in [0.717, 1.165) is 23.2 Å². The summed E-state index contributed by atoms with van der Waals surface area (Å²) in [6.45, 7) is -1.25. The molecule has 2 aromatic rings. The van der Waals surface area contributed by atoms with Crippen molar-refractivity contribution in [2.45, 2.75) is 13.5 Å². The molecule has 0 saturated heterocycles. The summed E-state index contributed by atoms with van der Waals surface area (Å²) >= 11 is 0. The van der Waals surface area contributed by atoms with Crippen LogP contribution in [-0.4, -0.2) is 31.7 Å². The molecule has 0 unspecified atom stereocenters. The van der Waals surface area contributed by atoms with Crippen LogP contribution in [0.25, 0.3) is 0 Å². The van der Waals surface area contributed by atoms with E-state index >= 15 is 0 Å². The Bertz CT molecular complexity index is 690. The molecule has 112 valence electrons. The van der Waals surface area contributed by atoms with Crippen molar-refractivity contribution in [3.63, 3.8) is 0 Å². The van der Waals surface area contributed by atoms with E-state index in [2.05, 4.69) is 20.7 Å². The molecule has 0 aliphatic carbocycles. The van der Waals surface area contributed by atoms with Gasteiger partial charge < -0.3 is 0 Å². The van der Waals surface area contributed by atoms with Gasteiger partial charge in [0, 0.05) is 13.2 Å². The highest BCUT2D eigenvalue weighted by molar-refractivity contribution is 5.93. The second-order valence-electron chi connectivity index (χ2n) is 4.07. The summed E-state index contributed by atoms with van der Waals surface area (Å²) in [5.74, 6) is -1.39. The number of carbonyl (C=O) groups is 1. The van der Waals surface area contributed by atoms with Crippen LogP contribution in [-0.2, 0) is 7.05 Å². The van der Waals surface area contributed by atoms with Crippen LogP contribution in [0.1, 0.15) is 28.3 Å². The molecule has 1 amide bonds. The molecule has 1 N–H and O–H groups in total. The molecule has 0 fully saturated rings. The molecule has 0 aliphatic rings. The summed E-state index contributed by atoms with van der Waals surface area (Å²) in [6, 6.07) is 1.12. The normalized spacial score (nSPS) is 11.5. The first-order valence-corrected chi connectivity index (χ1v) is 5.76. The summed E-state index contributed by atoms with van der Waals surface area (Å²) < 4.78 is 39.5. The Morgan fingerprint density at radius 2 is 2.19 bits per heavy atom. The number of nitrogens with zero attached hydrogens (tertiary/aromatic N) is 5. The molecule has 0 aliphatic heterocycles. The average Bonchev–Trinajstić information content (AvgIpc) is 2.99. The number of nitrogens with one attached hydrogen (secondary N) is 1. The highest BCUT2D eigenvalue weighted by Gasteiger charge is 2.13. The molecule has 0 radical (unpaired) electrons. The number of hydrogen-bond acceptors (Lipinski definition) is 4. The first-order chi connectivity index (χ1) is 9.90. The summed E-state index contributed by atoms with van der Waals surface area (Å²) in [6.07, 6.45) is 2.05. The smallest absolute Gasteiger partial charge is 0.265 e. The van der Waals surface area contributed by atoms with Crippen molar-refractivity contribution in [3.8, 4) is 0 Å². The molecule has 21 heavy (non-hydrogen) atoms. The van der Waals surface area contributed by atoms with E-state index in [1.54, 1.807) is 6.92 Å². The molecular formula is C11H11F3N6O. The molecular weight excluding hydrogens is 289 g/mol. The number of hydrazone groups is 1. The van der Waals surface area contributed by atoms with E-state index in [-0.39, 0.29) is 11.3 Å². The van der Waals surface area contributed by atoms with Gasteiger partial charge in [0.25, 0.3) is 5.91 Å². The molecule has 7 nitrogen and oxygen atoms in total. The van der Waals surface area contributed by atoms with Crippen LogP contribution in [0.3, 0.4) is 0 Å². The van der Waals surface area contributed by atoms with Gasteiger partial charge >= 0.3 is 6.55 Å².